The van der Waals surface area contributed by atoms with E-state index in [9.17, 15) is 12.8 Å². The molecule has 0 heterocycles. The van der Waals surface area contributed by atoms with E-state index in [4.69, 9.17) is 14.2 Å². The molecule has 5 nitrogen and oxygen atoms in total. The SMILES string of the molecule is CCOc1cc(C#N)cc(Br)c1OS(=O)(=O)Cc1ccccc1F. The Bertz CT molecular complexity index is 893. The molecule has 0 aliphatic carbocycles. The molecular formula is C16H13BrFNO4S. The van der Waals surface area contributed by atoms with Crippen LogP contribution in [0.2, 0.25) is 0 Å². The summed E-state index contributed by atoms with van der Waals surface area (Å²) in [6.07, 6.45) is 0. The summed E-state index contributed by atoms with van der Waals surface area (Å²) in [7, 11) is -4.13. The highest BCUT2D eigenvalue weighted by Crippen LogP contribution is 2.38. The molecule has 0 bridgehead atoms. The van der Waals surface area contributed by atoms with Gasteiger partial charge in [0.15, 0.2) is 11.5 Å². The van der Waals surface area contributed by atoms with Gasteiger partial charge in [-0.25, -0.2) is 4.39 Å². The minimum absolute atomic E-state index is 0.000211. The molecule has 24 heavy (non-hydrogen) atoms. The van der Waals surface area contributed by atoms with Gasteiger partial charge in [-0.1, -0.05) is 18.2 Å². The summed E-state index contributed by atoms with van der Waals surface area (Å²) in [6, 6.07) is 10.3. The summed E-state index contributed by atoms with van der Waals surface area (Å²) in [5.74, 6) is -1.22. The van der Waals surface area contributed by atoms with Gasteiger partial charge < -0.3 is 8.92 Å². The third-order valence-electron chi connectivity index (χ3n) is 2.94. The van der Waals surface area contributed by atoms with Gasteiger partial charge in [-0.05, 0) is 35.0 Å². The Morgan fingerprint density at radius 2 is 2.00 bits per heavy atom. The minimum Gasteiger partial charge on any atom is -0.490 e. The van der Waals surface area contributed by atoms with E-state index in [0.717, 1.165) is 0 Å². The van der Waals surface area contributed by atoms with E-state index in [1.807, 2.05) is 6.07 Å². The lowest BCUT2D eigenvalue weighted by Gasteiger charge is -2.14. The first-order valence-corrected chi connectivity index (χ1v) is 9.25. The largest absolute Gasteiger partial charge is 0.490 e. The number of rotatable bonds is 6. The van der Waals surface area contributed by atoms with Gasteiger partial charge in [0.05, 0.1) is 22.7 Å². The van der Waals surface area contributed by atoms with Crippen molar-refractivity contribution in [2.75, 3.05) is 6.61 Å². The van der Waals surface area contributed by atoms with Crippen LogP contribution in [0.15, 0.2) is 40.9 Å². The van der Waals surface area contributed by atoms with Crippen molar-refractivity contribution < 1.29 is 21.7 Å². The Hall–Kier alpha value is -2.11. The van der Waals surface area contributed by atoms with Crippen LogP contribution >= 0.6 is 15.9 Å². The fourth-order valence-corrected chi connectivity index (χ4v) is 3.67. The maximum Gasteiger partial charge on any atom is 0.313 e. The molecule has 2 aromatic rings. The van der Waals surface area contributed by atoms with Crippen molar-refractivity contribution in [2.24, 2.45) is 0 Å². The molecule has 0 radical (unpaired) electrons. The summed E-state index contributed by atoms with van der Waals surface area (Å²) in [4.78, 5) is 0. The molecule has 0 saturated heterocycles. The molecule has 0 fully saturated rings. The first-order valence-electron chi connectivity index (χ1n) is 6.88. The second-order valence-electron chi connectivity index (χ2n) is 4.71. The third kappa shape index (κ3) is 4.46. The topological polar surface area (TPSA) is 76.4 Å². The predicted octanol–water partition coefficient (Wildman–Crippen LogP) is 3.77. The van der Waals surface area contributed by atoms with Crippen LogP contribution in [0.5, 0.6) is 11.5 Å². The second kappa shape index (κ2) is 7.64. The molecule has 0 aromatic heterocycles. The van der Waals surface area contributed by atoms with Crippen molar-refractivity contribution in [3.63, 3.8) is 0 Å². The van der Waals surface area contributed by atoms with Crippen LogP contribution in [-0.2, 0) is 15.9 Å². The van der Waals surface area contributed by atoms with Crippen LogP contribution in [0.25, 0.3) is 0 Å². The highest BCUT2D eigenvalue weighted by molar-refractivity contribution is 9.10. The molecule has 2 rings (SSSR count). The first kappa shape index (κ1) is 18.2. The van der Waals surface area contributed by atoms with Gasteiger partial charge in [0, 0.05) is 11.6 Å². The van der Waals surface area contributed by atoms with Crippen molar-refractivity contribution in [1.29, 1.82) is 5.26 Å². The molecule has 0 aliphatic heterocycles. The van der Waals surface area contributed by atoms with Gasteiger partial charge in [0.1, 0.15) is 11.6 Å². The fraction of sp³-hybridized carbons (Fsp3) is 0.188. The molecule has 0 spiro atoms. The maximum absolute atomic E-state index is 13.6. The molecule has 0 atom stereocenters. The monoisotopic (exact) mass is 413 g/mol. The van der Waals surface area contributed by atoms with E-state index in [-0.39, 0.29) is 33.7 Å². The summed E-state index contributed by atoms with van der Waals surface area (Å²) >= 11 is 3.17. The molecule has 126 valence electrons. The minimum atomic E-state index is -4.13. The molecule has 2 aromatic carbocycles. The lowest BCUT2D eigenvalue weighted by Crippen LogP contribution is -2.14. The summed E-state index contributed by atoms with van der Waals surface area (Å²) < 4.78 is 48.8. The normalized spacial score (nSPS) is 10.9. The van der Waals surface area contributed by atoms with Gasteiger partial charge in [-0.2, -0.15) is 13.7 Å². The number of benzene rings is 2. The van der Waals surface area contributed by atoms with Crippen molar-refractivity contribution in [3.8, 4) is 17.6 Å². The standard InChI is InChI=1S/C16H13BrFNO4S/c1-2-22-15-8-11(9-19)7-13(17)16(15)23-24(20,21)10-12-5-3-4-6-14(12)18/h3-8H,2,10H2,1H3. The lowest BCUT2D eigenvalue weighted by molar-refractivity contribution is 0.327. The quantitative estimate of drug-likeness (QED) is 0.673. The molecule has 0 saturated carbocycles. The number of nitriles is 1. The first-order chi connectivity index (χ1) is 11.4. The van der Waals surface area contributed by atoms with Crippen LogP contribution in [-0.4, -0.2) is 15.0 Å². The van der Waals surface area contributed by atoms with Crippen molar-refractivity contribution in [3.05, 3.63) is 57.8 Å². The summed E-state index contributed by atoms with van der Waals surface area (Å²) in [5, 5.41) is 8.98. The van der Waals surface area contributed by atoms with Gasteiger partial charge in [-0.15, -0.1) is 0 Å². The Morgan fingerprint density at radius 1 is 1.29 bits per heavy atom. The van der Waals surface area contributed by atoms with Crippen LogP contribution in [0, 0.1) is 17.1 Å². The van der Waals surface area contributed by atoms with E-state index in [0.29, 0.717) is 0 Å². The van der Waals surface area contributed by atoms with Crippen molar-refractivity contribution >= 4 is 26.0 Å². The van der Waals surface area contributed by atoms with E-state index in [2.05, 4.69) is 15.9 Å². The Balaban J connectivity index is 2.36. The summed E-state index contributed by atoms with van der Waals surface area (Å²) in [6.45, 7) is 1.97. The summed E-state index contributed by atoms with van der Waals surface area (Å²) in [5.41, 5.74) is 0.282. The van der Waals surface area contributed by atoms with Crippen LogP contribution in [0.3, 0.4) is 0 Å². The van der Waals surface area contributed by atoms with Crippen LogP contribution in [0.4, 0.5) is 4.39 Å². The second-order valence-corrected chi connectivity index (χ2v) is 7.13. The van der Waals surface area contributed by atoms with Crippen molar-refractivity contribution in [1.82, 2.24) is 0 Å². The molecule has 0 N–H and O–H groups in total. The molecule has 0 aliphatic rings. The van der Waals surface area contributed by atoms with E-state index in [1.165, 1.54) is 36.4 Å². The zero-order chi connectivity index (χ0) is 17.7. The third-order valence-corrected chi connectivity index (χ3v) is 4.61. The van der Waals surface area contributed by atoms with Gasteiger partial charge in [0.25, 0.3) is 0 Å². The van der Waals surface area contributed by atoms with Gasteiger partial charge in [0.2, 0.25) is 0 Å². The zero-order valence-electron chi connectivity index (χ0n) is 12.6. The molecule has 8 heteroatoms. The Kier molecular flexibility index (Phi) is 5.80. The van der Waals surface area contributed by atoms with Gasteiger partial charge >= 0.3 is 10.1 Å². The molecule has 0 unspecified atom stereocenters. The van der Waals surface area contributed by atoms with Gasteiger partial charge in [-0.3, -0.25) is 0 Å². The highest BCUT2D eigenvalue weighted by Gasteiger charge is 2.22. The average molecular weight is 414 g/mol. The van der Waals surface area contributed by atoms with Crippen LogP contribution < -0.4 is 8.92 Å². The number of nitrogens with zero attached hydrogens (tertiary/aromatic N) is 1. The van der Waals surface area contributed by atoms with E-state index >= 15 is 0 Å². The lowest BCUT2D eigenvalue weighted by atomic mass is 10.2. The average Bonchev–Trinajstić information content (AvgIpc) is 2.52. The van der Waals surface area contributed by atoms with E-state index < -0.39 is 21.7 Å². The van der Waals surface area contributed by atoms with Crippen molar-refractivity contribution in [2.45, 2.75) is 12.7 Å². The number of hydrogen-bond donors (Lipinski definition) is 0. The van der Waals surface area contributed by atoms with E-state index in [1.54, 1.807) is 6.92 Å². The highest BCUT2D eigenvalue weighted by atomic mass is 79.9. The Morgan fingerprint density at radius 3 is 2.62 bits per heavy atom. The smallest absolute Gasteiger partial charge is 0.313 e. The maximum atomic E-state index is 13.6. The molecule has 0 amide bonds. The number of ether oxygens (including phenoxy) is 1. The fourth-order valence-electron chi connectivity index (χ4n) is 1.94. The predicted molar refractivity (Wildman–Crippen MR) is 89.7 cm³/mol. The number of halogens is 2. The molecular weight excluding hydrogens is 401 g/mol. The van der Waals surface area contributed by atoms with Crippen LogP contribution in [0.1, 0.15) is 18.1 Å². The number of hydrogen-bond acceptors (Lipinski definition) is 5. The zero-order valence-corrected chi connectivity index (χ0v) is 15.0. The Labute approximate surface area is 147 Å².